The number of alkyl halides is 1. The molecule has 2 aromatic rings. The van der Waals surface area contributed by atoms with E-state index in [0.29, 0.717) is 5.56 Å². The molecule has 17 heavy (non-hydrogen) atoms. The number of nitrogens with zero attached hydrogens (tertiary/aromatic N) is 1. The maximum atomic E-state index is 12.0. The van der Waals surface area contributed by atoms with E-state index in [1.54, 1.807) is 6.20 Å². The van der Waals surface area contributed by atoms with Gasteiger partial charge in [-0.2, -0.15) is 5.10 Å². The van der Waals surface area contributed by atoms with Crippen molar-refractivity contribution in [2.24, 2.45) is 0 Å². The number of benzene rings is 1. The molecule has 0 aliphatic heterocycles. The SMILES string of the molecule is O=C(Nc1ccccc1Br)c1cn[nH]c1CI. The molecule has 1 heterocycles. The number of anilines is 1. The lowest BCUT2D eigenvalue weighted by Gasteiger charge is -2.06. The van der Waals surface area contributed by atoms with E-state index in [2.05, 4.69) is 54.0 Å². The molecule has 1 amide bonds. The number of nitrogens with one attached hydrogen (secondary N) is 2. The van der Waals surface area contributed by atoms with Crippen LogP contribution in [0.15, 0.2) is 34.9 Å². The minimum absolute atomic E-state index is 0.155. The summed E-state index contributed by atoms with van der Waals surface area (Å²) in [5.41, 5.74) is 2.16. The number of halogens is 2. The molecular weight excluding hydrogens is 397 g/mol. The van der Waals surface area contributed by atoms with Crippen LogP contribution < -0.4 is 5.32 Å². The fraction of sp³-hybridized carbons (Fsp3) is 0.0909. The van der Waals surface area contributed by atoms with Gasteiger partial charge < -0.3 is 5.32 Å². The zero-order valence-corrected chi connectivity index (χ0v) is 12.4. The highest BCUT2D eigenvalue weighted by Crippen LogP contribution is 2.22. The van der Waals surface area contributed by atoms with Crippen LogP contribution in [0.3, 0.4) is 0 Å². The summed E-state index contributed by atoms with van der Waals surface area (Å²) in [5, 5.41) is 9.52. The number of carbonyl (C=O) groups is 1. The molecule has 0 atom stereocenters. The molecule has 0 saturated carbocycles. The zero-order chi connectivity index (χ0) is 12.3. The number of aromatic nitrogens is 2. The standard InChI is InChI=1S/C11H9BrIN3O/c12-8-3-1-2-4-9(8)15-11(17)7-6-14-16-10(7)5-13/h1-4,6H,5H2,(H,14,16)(H,15,17). The highest BCUT2D eigenvalue weighted by molar-refractivity contribution is 14.1. The Hall–Kier alpha value is -0.890. The molecule has 88 valence electrons. The molecule has 0 radical (unpaired) electrons. The monoisotopic (exact) mass is 405 g/mol. The number of rotatable bonds is 3. The Bertz CT molecular complexity index is 541. The number of para-hydroxylation sites is 1. The number of hydrogen-bond donors (Lipinski definition) is 2. The van der Waals surface area contributed by atoms with Gasteiger partial charge in [0.1, 0.15) is 0 Å². The zero-order valence-electron chi connectivity index (χ0n) is 8.71. The second-order valence-corrected chi connectivity index (χ2v) is 4.95. The summed E-state index contributed by atoms with van der Waals surface area (Å²) < 4.78 is 1.57. The molecule has 0 aliphatic carbocycles. The second-order valence-electron chi connectivity index (χ2n) is 3.33. The quantitative estimate of drug-likeness (QED) is 0.607. The first-order chi connectivity index (χ1) is 8.22. The largest absolute Gasteiger partial charge is 0.321 e. The minimum Gasteiger partial charge on any atom is -0.321 e. The van der Waals surface area contributed by atoms with Crippen LogP contribution >= 0.6 is 38.5 Å². The maximum absolute atomic E-state index is 12.0. The van der Waals surface area contributed by atoms with Gasteiger partial charge in [0.2, 0.25) is 0 Å². The fourth-order valence-electron chi connectivity index (χ4n) is 1.36. The Morgan fingerprint density at radius 1 is 1.47 bits per heavy atom. The van der Waals surface area contributed by atoms with Crippen molar-refractivity contribution in [1.29, 1.82) is 0 Å². The second kappa shape index (κ2) is 5.63. The number of hydrogen-bond acceptors (Lipinski definition) is 2. The van der Waals surface area contributed by atoms with Crippen molar-refractivity contribution < 1.29 is 4.79 Å². The van der Waals surface area contributed by atoms with Crippen molar-refractivity contribution in [3.05, 3.63) is 46.2 Å². The van der Waals surface area contributed by atoms with Crippen LogP contribution in [0.1, 0.15) is 16.1 Å². The van der Waals surface area contributed by atoms with Gasteiger partial charge in [0.25, 0.3) is 5.91 Å². The van der Waals surface area contributed by atoms with Crippen molar-refractivity contribution in [2.45, 2.75) is 4.43 Å². The Morgan fingerprint density at radius 2 is 2.24 bits per heavy atom. The molecule has 0 spiro atoms. The number of carbonyl (C=O) groups excluding carboxylic acids is 1. The van der Waals surface area contributed by atoms with E-state index >= 15 is 0 Å². The van der Waals surface area contributed by atoms with E-state index in [-0.39, 0.29) is 5.91 Å². The van der Waals surface area contributed by atoms with Crippen molar-refractivity contribution >= 4 is 50.1 Å². The maximum Gasteiger partial charge on any atom is 0.259 e. The molecule has 4 nitrogen and oxygen atoms in total. The summed E-state index contributed by atoms with van der Waals surface area (Å²) in [5.74, 6) is -0.155. The Balaban J connectivity index is 2.20. The van der Waals surface area contributed by atoms with Crippen LogP contribution in [0.2, 0.25) is 0 Å². The van der Waals surface area contributed by atoms with E-state index in [1.807, 2.05) is 24.3 Å². The van der Waals surface area contributed by atoms with Gasteiger partial charge in [-0.05, 0) is 28.1 Å². The summed E-state index contributed by atoms with van der Waals surface area (Å²) in [6.45, 7) is 0. The van der Waals surface area contributed by atoms with Gasteiger partial charge in [-0.1, -0.05) is 34.7 Å². The highest BCUT2D eigenvalue weighted by Gasteiger charge is 2.13. The lowest BCUT2D eigenvalue weighted by Crippen LogP contribution is -2.13. The van der Waals surface area contributed by atoms with Crippen LogP contribution in [-0.2, 0) is 4.43 Å². The minimum atomic E-state index is -0.155. The van der Waals surface area contributed by atoms with Gasteiger partial charge in [0.05, 0.1) is 23.1 Å². The third-order valence-electron chi connectivity index (χ3n) is 2.22. The molecular formula is C11H9BrIN3O. The van der Waals surface area contributed by atoms with Crippen LogP contribution in [0, 0.1) is 0 Å². The third kappa shape index (κ3) is 2.86. The smallest absolute Gasteiger partial charge is 0.259 e. The van der Waals surface area contributed by atoms with E-state index in [0.717, 1.165) is 20.3 Å². The summed E-state index contributed by atoms with van der Waals surface area (Å²) in [6, 6.07) is 7.48. The summed E-state index contributed by atoms with van der Waals surface area (Å²) in [7, 11) is 0. The molecule has 0 aliphatic rings. The van der Waals surface area contributed by atoms with Crippen molar-refractivity contribution in [2.75, 3.05) is 5.32 Å². The van der Waals surface area contributed by atoms with Crippen molar-refractivity contribution in [3.8, 4) is 0 Å². The Kier molecular flexibility index (Phi) is 4.16. The molecule has 0 fully saturated rings. The average Bonchev–Trinajstić information content (AvgIpc) is 2.80. The first-order valence-electron chi connectivity index (χ1n) is 4.86. The van der Waals surface area contributed by atoms with E-state index in [9.17, 15) is 4.79 Å². The first kappa shape index (κ1) is 12.6. The van der Waals surface area contributed by atoms with Gasteiger partial charge >= 0.3 is 0 Å². The van der Waals surface area contributed by atoms with Gasteiger partial charge in [-0.15, -0.1) is 0 Å². The average molecular weight is 406 g/mol. The van der Waals surface area contributed by atoms with Crippen LogP contribution in [0.4, 0.5) is 5.69 Å². The fourth-order valence-corrected chi connectivity index (χ4v) is 2.33. The topological polar surface area (TPSA) is 57.8 Å². The lowest BCUT2D eigenvalue weighted by atomic mass is 10.2. The number of aromatic amines is 1. The molecule has 2 rings (SSSR count). The highest BCUT2D eigenvalue weighted by atomic mass is 127. The lowest BCUT2D eigenvalue weighted by molar-refractivity contribution is 0.102. The molecule has 0 saturated heterocycles. The first-order valence-corrected chi connectivity index (χ1v) is 7.18. The Labute approximate surface area is 120 Å². The molecule has 2 N–H and O–H groups in total. The Morgan fingerprint density at radius 3 is 2.94 bits per heavy atom. The predicted octanol–water partition coefficient (Wildman–Crippen LogP) is 3.36. The van der Waals surface area contributed by atoms with Crippen LogP contribution in [0.5, 0.6) is 0 Å². The van der Waals surface area contributed by atoms with Crippen LogP contribution in [0.25, 0.3) is 0 Å². The summed E-state index contributed by atoms with van der Waals surface area (Å²) >= 11 is 5.57. The summed E-state index contributed by atoms with van der Waals surface area (Å²) in [4.78, 5) is 12.0. The van der Waals surface area contributed by atoms with Crippen molar-refractivity contribution in [3.63, 3.8) is 0 Å². The number of H-pyrrole nitrogens is 1. The van der Waals surface area contributed by atoms with E-state index < -0.39 is 0 Å². The predicted molar refractivity (Wildman–Crippen MR) is 78.4 cm³/mol. The molecule has 1 aromatic carbocycles. The normalized spacial score (nSPS) is 10.2. The van der Waals surface area contributed by atoms with E-state index in [1.165, 1.54) is 0 Å². The van der Waals surface area contributed by atoms with Gasteiger partial charge in [-0.3, -0.25) is 9.89 Å². The van der Waals surface area contributed by atoms with Gasteiger partial charge in [0.15, 0.2) is 0 Å². The third-order valence-corrected chi connectivity index (χ3v) is 3.67. The van der Waals surface area contributed by atoms with E-state index in [4.69, 9.17) is 0 Å². The van der Waals surface area contributed by atoms with Crippen LogP contribution in [-0.4, -0.2) is 16.1 Å². The molecule has 1 aromatic heterocycles. The molecule has 6 heteroatoms. The summed E-state index contributed by atoms with van der Waals surface area (Å²) in [6.07, 6.45) is 1.54. The van der Waals surface area contributed by atoms with Gasteiger partial charge in [0, 0.05) is 8.90 Å². The molecule has 0 bridgehead atoms. The molecule has 0 unspecified atom stereocenters. The number of amides is 1. The van der Waals surface area contributed by atoms with Gasteiger partial charge in [-0.25, -0.2) is 0 Å². The van der Waals surface area contributed by atoms with Crippen molar-refractivity contribution in [1.82, 2.24) is 10.2 Å².